The van der Waals surface area contributed by atoms with Crippen LogP contribution in [0.5, 0.6) is 0 Å². The van der Waals surface area contributed by atoms with Gasteiger partial charge in [0, 0.05) is 6.42 Å². The van der Waals surface area contributed by atoms with Crippen molar-refractivity contribution in [3.63, 3.8) is 0 Å². The van der Waals surface area contributed by atoms with Crippen LogP contribution < -0.4 is 0 Å². The zero-order valence-corrected chi connectivity index (χ0v) is 5.96. The highest BCUT2D eigenvalue weighted by atomic mass is 16.3. The molecule has 0 aliphatic heterocycles. The van der Waals surface area contributed by atoms with Crippen molar-refractivity contribution in [3.05, 3.63) is 0 Å². The van der Waals surface area contributed by atoms with Crippen molar-refractivity contribution >= 4 is 0 Å². The Morgan fingerprint density at radius 2 is 2.22 bits per heavy atom. The van der Waals surface area contributed by atoms with Gasteiger partial charge in [0.2, 0.25) is 0 Å². The SMILES string of the molecule is C#CCCC(O)N(C)C. The molecule has 1 atom stereocenters. The van der Waals surface area contributed by atoms with Gasteiger partial charge in [-0.15, -0.1) is 12.3 Å². The lowest BCUT2D eigenvalue weighted by Gasteiger charge is -2.16. The highest BCUT2D eigenvalue weighted by Crippen LogP contribution is 1.96. The summed E-state index contributed by atoms with van der Waals surface area (Å²) in [6.07, 6.45) is 5.90. The molecule has 0 bridgehead atoms. The van der Waals surface area contributed by atoms with Gasteiger partial charge in [-0.1, -0.05) is 0 Å². The van der Waals surface area contributed by atoms with E-state index < -0.39 is 0 Å². The van der Waals surface area contributed by atoms with Crippen molar-refractivity contribution in [2.45, 2.75) is 19.1 Å². The highest BCUT2D eigenvalue weighted by Gasteiger charge is 2.02. The molecule has 0 radical (unpaired) electrons. The van der Waals surface area contributed by atoms with Crippen LogP contribution in [0.4, 0.5) is 0 Å². The van der Waals surface area contributed by atoms with E-state index in [0.717, 1.165) is 0 Å². The fourth-order valence-electron chi connectivity index (χ4n) is 0.471. The standard InChI is InChI=1S/C7H13NO/c1-4-5-6-7(9)8(2)3/h1,7,9H,5-6H2,2-3H3. The maximum Gasteiger partial charge on any atom is 0.107 e. The van der Waals surface area contributed by atoms with Gasteiger partial charge in [-0.3, -0.25) is 4.90 Å². The van der Waals surface area contributed by atoms with Gasteiger partial charge in [0.15, 0.2) is 0 Å². The van der Waals surface area contributed by atoms with Gasteiger partial charge in [-0.2, -0.15) is 0 Å². The Kier molecular flexibility index (Phi) is 4.12. The predicted octanol–water partition coefficient (Wildman–Crippen LogP) is 0.280. The van der Waals surface area contributed by atoms with E-state index in [0.29, 0.717) is 12.8 Å². The number of terminal acetylenes is 1. The first-order valence-electron chi connectivity index (χ1n) is 2.96. The van der Waals surface area contributed by atoms with Crippen molar-refractivity contribution < 1.29 is 5.11 Å². The first-order valence-corrected chi connectivity index (χ1v) is 2.96. The van der Waals surface area contributed by atoms with Crippen LogP contribution in [0.1, 0.15) is 12.8 Å². The Balaban J connectivity index is 3.29. The summed E-state index contributed by atoms with van der Waals surface area (Å²) in [5.74, 6) is 2.47. The second-order valence-electron chi connectivity index (χ2n) is 2.19. The maximum absolute atomic E-state index is 9.09. The summed E-state index contributed by atoms with van der Waals surface area (Å²) in [5, 5.41) is 9.09. The lowest BCUT2D eigenvalue weighted by Crippen LogP contribution is -2.26. The lowest BCUT2D eigenvalue weighted by atomic mass is 10.3. The molecule has 52 valence electrons. The molecule has 0 saturated carbocycles. The number of aliphatic hydroxyl groups excluding tert-OH is 1. The highest BCUT2D eigenvalue weighted by molar-refractivity contribution is 4.83. The summed E-state index contributed by atoms with van der Waals surface area (Å²) in [7, 11) is 3.64. The van der Waals surface area contributed by atoms with Crippen LogP contribution in [-0.4, -0.2) is 30.3 Å². The Hall–Kier alpha value is -0.520. The van der Waals surface area contributed by atoms with Crippen LogP contribution in [0.3, 0.4) is 0 Å². The molecule has 0 rings (SSSR count). The lowest BCUT2D eigenvalue weighted by molar-refractivity contribution is 0.0348. The molecule has 0 saturated heterocycles. The first-order chi connectivity index (χ1) is 4.18. The van der Waals surface area contributed by atoms with Crippen molar-refractivity contribution in [3.8, 4) is 12.3 Å². The number of hydrogen-bond acceptors (Lipinski definition) is 2. The van der Waals surface area contributed by atoms with Crippen molar-refractivity contribution in [1.82, 2.24) is 4.90 Å². The van der Waals surface area contributed by atoms with E-state index in [1.54, 1.807) is 4.90 Å². The molecule has 0 fully saturated rings. The van der Waals surface area contributed by atoms with Crippen LogP contribution in [0.2, 0.25) is 0 Å². The molecule has 0 aliphatic carbocycles. The molecule has 0 amide bonds. The van der Waals surface area contributed by atoms with Crippen LogP contribution in [-0.2, 0) is 0 Å². The van der Waals surface area contributed by atoms with Gasteiger partial charge in [0.1, 0.15) is 6.23 Å². The first kappa shape index (κ1) is 8.48. The summed E-state index contributed by atoms with van der Waals surface area (Å²) in [6, 6.07) is 0. The van der Waals surface area contributed by atoms with E-state index in [1.807, 2.05) is 14.1 Å². The van der Waals surface area contributed by atoms with Crippen molar-refractivity contribution in [1.29, 1.82) is 0 Å². The largest absolute Gasteiger partial charge is 0.378 e. The van der Waals surface area contributed by atoms with Crippen molar-refractivity contribution in [2.75, 3.05) is 14.1 Å². The maximum atomic E-state index is 9.09. The van der Waals surface area contributed by atoms with Gasteiger partial charge in [-0.05, 0) is 20.5 Å². The second-order valence-corrected chi connectivity index (χ2v) is 2.19. The predicted molar refractivity (Wildman–Crippen MR) is 37.8 cm³/mol. The van der Waals surface area contributed by atoms with Crippen LogP contribution >= 0.6 is 0 Å². The molecule has 2 nitrogen and oxygen atoms in total. The zero-order chi connectivity index (χ0) is 7.28. The third kappa shape index (κ3) is 4.01. The third-order valence-corrected chi connectivity index (χ3v) is 1.14. The summed E-state index contributed by atoms with van der Waals surface area (Å²) in [6.45, 7) is 0. The number of aliphatic hydroxyl groups is 1. The van der Waals surface area contributed by atoms with Gasteiger partial charge in [0.25, 0.3) is 0 Å². The Bertz CT molecular complexity index is 104. The van der Waals surface area contributed by atoms with E-state index in [9.17, 15) is 0 Å². The summed E-state index contributed by atoms with van der Waals surface area (Å²) >= 11 is 0. The van der Waals surface area contributed by atoms with Crippen LogP contribution in [0.15, 0.2) is 0 Å². The van der Waals surface area contributed by atoms with Gasteiger partial charge < -0.3 is 5.11 Å². The zero-order valence-electron chi connectivity index (χ0n) is 5.96. The summed E-state index contributed by atoms with van der Waals surface area (Å²) in [5.41, 5.74) is 0. The molecule has 0 heterocycles. The van der Waals surface area contributed by atoms with Crippen LogP contribution in [0.25, 0.3) is 0 Å². The summed E-state index contributed by atoms with van der Waals surface area (Å²) in [4.78, 5) is 1.73. The molecule has 9 heavy (non-hydrogen) atoms. The molecule has 1 N–H and O–H groups in total. The molecule has 0 spiro atoms. The van der Waals surface area contributed by atoms with Gasteiger partial charge in [0.05, 0.1) is 0 Å². The second kappa shape index (κ2) is 4.37. The van der Waals surface area contributed by atoms with E-state index >= 15 is 0 Å². The fraction of sp³-hybridized carbons (Fsp3) is 0.714. The molecular weight excluding hydrogens is 114 g/mol. The average Bonchev–Trinajstić information content (AvgIpc) is 1.82. The van der Waals surface area contributed by atoms with Crippen molar-refractivity contribution in [2.24, 2.45) is 0 Å². The van der Waals surface area contributed by atoms with E-state index in [-0.39, 0.29) is 6.23 Å². The van der Waals surface area contributed by atoms with E-state index in [1.165, 1.54) is 0 Å². The Morgan fingerprint density at radius 3 is 2.56 bits per heavy atom. The van der Waals surface area contributed by atoms with E-state index in [2.05, 4.69) is 5.92 Å². The summed E-state index contributed by atoms with van der Waals surface area (Å²) < 4.78 is 0. The molecule has 1 unspecified atom stereocenters. The number of hydrogen-bond donors (Lipinski definition) is 1. The van der Waals surface area contributed by atoms with Gasteiger partial charge in [-0.25, -0.2) is 0 Å². The minimum atomic E-state index is -0.388. The smallest absolute Gasteiger partial charge is 0.107 e. The molecule has 0 aromatic heterocycles. The minimum absolute atomic E-state index is 0.388. The van der Waals surface area contributed by atoms with E-state index in [4.69, 9.17) is 11.5 Å². The third-order valence-electron chi connectivity index (χ3n) is 1.14. The quantitative estimate of drug-likeness (QED) is 0.435. The van der Waals surface area contributed by atoms with Gasteiger partial charge >= 0.3 is 0 Å². The average molecular weight is 127 g/mol. The fourth-order valence-corrected chi connectivity index (χ4v) is 0.471. The molecule has 0 aliphatic rings. The number of nitrogens with zero attached hydrogens (tertiary/aromatic N) is 1. The Labute approximate surface area is 56.5 Å². The molecule has 2 heteroatoms. The molecular formula is C7H13NO. The molecule has 0 aromatic carbocycles. The normalized spacial score (nSPS) is 13.2. The monoisotopic (exact) mass is 127 g/mol. The molecule has 0 aromatic rings. The minimum Gasteiger partial charge on any atom is -0.378 e. The Morgan fingerprint density at radius 1 is 1.67 bits per heavy atom. The van der Waals surface area contributed by atoms with Crippen LogP contribution in [0, 0.1) is 12.3 Å². The number of rotatable bonds is 3. The topological polar surface area (TPSA) is 23.5 Å².